The topological polar surface area (TPSA) is 37.0 Å². The third-order valence-corrected chi connectivity index (χ3v) is 4.79. The largest absolute Gasteiger partial charge is 0.372 e. The van der Waals surface area contributed by atoms with Crippen molar-refractivity contribution in [2.24, 2.45) is 5.41 Å². The minimum atomic E-state index is 0.407. The Morgan fingerprint density at radius 1 is 1.21 bits per heavy atom. The molecule has 1 aromatic heterocycles. The van der Waals surface area contributed by atoms with Crippen LogP contribution in [-0.2, 0) is 0 Å². The molecule has 0 unspecified atom stereocenters. The average molecular weight is 302 g/mol. The van der Waals surface area contributed by atoms with Crippen LogP contribution in [0.1, 0.15) is 39.0 Å². The van der Waals surface area contributed by atoms with Crippen molar-refractivity contribution in [2.45, 2.75) is 39.0 Å². The van der Waals surface area contributed by atoms with Gasteiger partial charge in [0, 0.05) is 13.6 Å². The van der Waals surface area contributed by atoms with E-state index in [1.54, 1.807) is 13.1 Å². The summed E-state index contributed by atoms with van der Waals surface area (Å²) in [4.78, 5) is 4.43. The summed E-state index contributed by atoms with van der Waals surface area (Å²) >= 11 is 12.2. The van der Waals surface area contributed by atoms with Crippen molar-refractivity contribution in [1.82, 2.24) is 4.98 Å². The molecule has 0 bridgehead atoms. The van der Waals surface area contributed by atoms with Crippen LogP contribution in [0.15, 0.2) is 6.07 Å². The van der Waals surface area contributed by atoms with Crippen LogP contribution in [0, 0.1) is 5.41 Å². The third kappa shape index (κ3) is 3.26. The van der Waals surface area contributed by atoms with E-state index >= 15 is 0 Å². The lowest BCUT2D eigenvalue weighted by molar-refractivity contribution is 0.306. The Hall–Kier alpha value is -0.670. The number of nitrogens with zero attached hydrogens (tertiary/aromatic N) is 1. The summed E-state index contributed by atoms with van der Waals surface area (Å²) in [5.74, 6) is 1.38. The van der Waals surface area contributed by atoms with Gasteiger partial charge in [-0.3, -0.25) is 0 Å². The van der Waals surface area contributed by atoms with Crippen LogP contribution >= 0.6 is 23.2 Å². The number of aromatic nitrogens is 1. The fraction of sp³-hybridized carbons (Fsp3) is 0.643. The van der Waals surface area contributed by atoms with E-state index in [0.29, 0.717) is 21.3 Å². The second-order valence-corrected chi connectivity index (χ2v) is 6.13. The second kappa shape index (κ2) is 6.19. The molecule has 1 aliphatic carbocycles. The highest BCUT2D eigenvalue weighted by atomic mass is 35.5. The van der Waals surface area contributed by atoms with Crippen LogP contribution in [0.5, 0.6) is 0 Å². The molecule has 1 saturated carbocycles. The number of rotatable bonds is 5. The lowest BCUT2D eigenvalue weighted by Gasteiger charge is -2.28. The zero-order chi connectivity index (χ0) is 13.9. The summed E-state index contributed by atoms with van der Waals surface area (Å²) in [5, 5.41) is 7.50. The summed E-state index contributed by atoms with van der Waals surface area (Å²) in [6, 6.07) is 1.73. The molecule has 0 saturated heterocycles. The Morgan fingerprint density at radius 3 is 2.42 bits per heavy atom. The zero-order valence-corrected chi connectivity index (χ0v) is 13.0. The van der Waals surface area contributed by atoms with Crippen LogP contribution in [-0.4, -0.2) is 18.6 Å². The van der Waals surface area contributed by atoms with Gasteiger partial charge in [0.1, 0.15) is 11.6 Å². The van der Waals surface area contributed by atoms with Crippen LogP contribution < -0.4 is 10.6 Å². The molecule has 1 heterocycles. The summed E-state index contributed by atoms with van der Waals surface area (Å²) in [5.41, 5.74) is 0.407. The Bertz CT molecular complexity index is 443. The summed E-state index contributed by atoms with van der Waals surface area (Å²) < 4.78 is 0. The predicted molar refractivity (Wildman–Crippen MR) is 83.5 cm³/mol. The quantitative estimate of drug-likeness (QED) is 0.819. The molecule has 5 heteroatoms. The highest BCUT2D eigenvalue weighted by molar-refractivity contribution is 6.37. The van der Waals surface area contributed by atoms with E-state index in [1.807, 2.05) is 0 Å². The molecule has 1 aliphatic rings. The SMILES string of the molecule is CCC1(CNc2nc(NC)c(Cl)cc2Cl)CCCC1. The molecule has 19 heavy (non-hydrogen) atoms. The van der Waals surface area contributed by atoms with Gasteiger partial charge in [0.05, 0.1) is 10.0 Å². The highest BCUT2D eigenvalue weighted by Gasteiger charge is 2.31. The van der Waals surface area contributed by atoms with Gasteiger partial charge >= 0.3 is 0 Å². The van der Waals surface area contributed by atoms with E-state index in [2.05, 4.69) is 22.5 Å². The van der Waals surface area contributed by atoms with Crippen LogP contribution in [0.25, 0.3) is 0 Å². The summed E-state index contributed by atoms with van der Waals surface area (Å²) in [6.45, 7) is 3.20. The van der Waals surface area contributed by atoms with Crippen molar-refractivity contribution in [2.75, 3.05) is 24.2 Å². The minimum absolute atomic E-state index is 0.407. The first-order valence-corrected chi connectivity index (χ1v) is 7.63. The Morgan fingerprint density at radius 2 is 1.84 bits per heavy atom. The van der Waals surface area contributed by atoms with E-state index in [4.69, 9.17) is 23.2 Å². The molecular weight excluding hydrogens is 281 g/mol. The van der Waals surface area contributed by atoms with Gasteiger partial charge in [-0.05, 0) is 30.7 Å². The fourth-order valence-electron chi connectivity index (χ4n) is 2.82. The Labute approximate surface area is 125 Å². The molecule has 1 fully saturated rings. The standard InChI is InChI=1S/C14H21Cl2N3/c1-3-14(6-4-5-7-14)9-18-13-11(16)8-10(15)12(17-2)19-13/h8H,3-7,9H2,1-2H3,(H2,17,18,19). The molecule has 2 rings (SSSR count). The smallest absolute Gasteiger partial charge is 0.147 e. The van der Waals surface area contributed by atoms with E-state index in [-0.39, 0.29) is 0 Å². The molecule has 1 aromatic rings. The second-order valence-electron chi connectivity index (χ2n) is 5.31. The van der Waals surface area contributed by atoms with Gasteiger partial charge in [0.15, 0.2) is 0 Å². The molecule has 0 atom stereocenters. The molecule has 106 valence electrons. The van der Waals surface area contributed by atoms with Gasteiger partial charge in [-0.15, -0.1) is 0 Å². The monoisotopic (exact) mass is 301 g/mol. The van der Waals surface area contributed by atoms with E-state index < -0.39 is 0 Å². The number of anilines is 2. The lowest BCUT2D eigenvalue weighted by Crippen LogP contribution is -2.26. The number of hydrogen-bond acceptors (Lipinski definition) is 3. The van der Waals surface area contributed by atoms with Crippen LogP contribution in [0.4, 0.5) is 11.6 Å². The van der Waals surface area contributed by atoms with Crippen molar-refractivity contribution in [3.63, 3.8) is 0 Å². The van der Waals surface area contributed by atoms with Gasteiger partial charge in [0.25, 0.3) is 0 Å². The van der Waals surface area contributed by atoms with E-state index in [0.717, 1.165) is 12.4 Å². The molecule has 2 N–H and O–H groups in total. The fourth-order valence-corrected chi connectivity index (χ4v) is 3.34. The summed E-state index contributed by atoms with van der Waals surface area (Å²) in [7, 11) is 1.80. The lowest BCUT2D eigenvalue weighted by atomic mass is 9.83. The third-order valence-electron chi connectivity index (χ3n) is 4.21. The zero-order valence-electron chi connectivity index (χ0n) is 11.5. The predicted octanol–water partition coefficient (Wildman–Crippen LogP) is 4.81. The van der Waals surface area contributed by atoms with Crippen molar-refractivity contribution < 1.29 is 0 Å². The first-order valence-electron chi connectivity index (χ1n) is 6.88. The minimum Gasteiger partial charge on any atom is -0.372 e. The Balaban J connectivity index is 2.10. The maximum absolute atomic E-state index is 6.20. The van der Waals surface area contributed by atoms with Crippen molar-refractivity contribution in [1.29, 1.82) is 0 Å². The molecule has 0 amide bonds. The Kier molecular flexibility index (Phi) is 4.80. The van der Waals surface area contributed by atoms with Gasteiger partial charge in [-0.1, -0.05) is 43.0 Å². The first kappa shape index (κ1) is 14.7. The van der Waals surface area contributed by atoms with E-state index in [9.17, 15) is 0 Å². The van der Waals surface area contributed by atoms with Crippen molar-refractivity contribution in [3.05, 3.63) is 16.1 Å². The average Bonchev–Trinajstić information content (AvgIpc) is 2.87. The molecule has 0 radical (unpaired) electrons. The summed E-state index contributed by atoms with van der Waals surface area (Å²) in [6.07, 6.45) is 6.45. The molecule has 0 aliphatic heterocycles. The normalized spacial score (nSPS) is 17.5. The van der Waals surface area contributed by atoms with Gasteiger partial charge in [0.2, 0.25) is 0 Å². The van der Waals surface area contributed by atoms with E-state index in [1.165, 1.54) is 32.1 Å². The molecular formula is C14H21Cl2N3. The maximum Gasteiger partial charge on any atom is 0.147 e. The molecule has 0 spiro atoms. The number of hydrogen-bond donors (Lipinski definition) is 2. The number of pyridine rings is 1. The maximum atomic E-state index is 6.20. The van der Waals surface area contributed by atoms with Gasteiger partial charge < -0.3 is 10.6 Å². The first-order chi connectivity index (χ1) is 9.10. The molecule has 0 aromatic carbocycles. The highest BCUT2D eigenvalue weighted by Crippen LogP contribution is 2.41. The number of nitrogens with one attached hydrogen (secondary N) is 2. The van der Waals surface area contributed by atoms with Crippen molar-refractivity contribution in [3.8, 4) is 0 Å². The van der Waals surface area contributed by atoms with Crippen LogP contribution in [0.2, 0.25) is 10.0 Å². The molecule has 3 nitrogen and oxygen atoms in total. The van der Waals surface area contributed by atoms with Crippen molar-refractivity contribution >= 4 is 34.8 Å². The van der Waals surface area contributed by atoms with Gasteiger partial charge in [-0.25, -0.2) is 4.98 Å². The van der Waals surface area contributed by atoms with Gasteiger partial charge in [-0.2, -0.15) is 0 Å². The number of halogens is 2. The van der Waals surface area contributed by atoms with Crippen LogP contribution in [0.3, 0.4) is 0 Å².